The maximum absolute atomic E-state index is 12.3. The Hall–Kier alpha value is -1.88. The SMILES string of the molecule is COC(=O)c1cccc(C(=O)OC2CC3CCC(C2)N3C)c1. The molecule has 0 spiro atoms. The normalized spacial score (nSPS) is 27.5. The summed E-state index contributed by atoms with van der Waals surface area (Å²) in [6.45, 7) is 0. The lowest BCUT2D eigenvalue weighted by Gasteiger charge is -2.35. The van der Waals surface area contributed by atoms with Crippen LogP contribution in [0.5, 0.6) is 0 Å². The number of piperidine rings is 1. The summed E-state index contributed by atoms with van der Waals surface area (Å²) in [7, 11) is 3.47. The van der Waals surface area contributed by atoms with Crippen LogP contribution < -0.4 is 0 Å². The lowest BCUT2D eigenvalue weighted by Crippen LogP contribution is -2.43. The van der Waals surface area contributed by atoms with E-state index in [0.29, 0.717) is 23.2 Å². The largest absolute Gasteiger partial charge is 0.465 e. The highest BCUT2D eigenvalue weighted by atomic mass is 16.5. The maximum Gasteiger partial charge on any atom is 0.338 e. The van der Waals surface area contributed by atoms with Crippen molar-refractivity contribution in [1.82, 2.24) is 4.90 Å². The molecule has 22 heavy (non-hydrogen) atoms. The van der Waals surface area contributed by atoms with Gasteiger partial charge in [0.1, 0.15) is 6.10 Å². The Morgan fingerprint density at radius 3 is 2.27 bits per heavy atom. The fourth-order valence-electron chi connectivity index (χ4n) is 3.57. The van der Waals surface area contributed by atoms with Crippen molar-refractivity contribution in [3.8, 4) is 0 Å². The summed E-state index contributed by atoms with van der Waals surface area (Å²) in [6, 6.07) is 7.53. The van der Waals surface area contributed by atoms with Crippen LogP contribution in [0.3, 0.4) is 0 Å². The number of hydrogen-bond acceptors (Lipinski definition) is 5. The van der Waals surface area contributed by atoms with Crippen molar-refractivity contribution in [2.24, 2.45) is 0 Å². The molecule has 2 aliphatic heterocycles. The number of carbonyl (C=O) groups is 2. The lowest BCUT2D eigenvalue weighted by molar-refractivity contribution is -0.000450. The summed E-state index contributed by atoms with van der Waals surface area (Å²) in [5.41, 5.74) is 0.759. The average molecular weight is 303 g/mol. The van der Waals surface area contributed by atoms with Gasteiger partial charge in [0.05, 0.1) is 18.2 Å². The number of esters is 2. The van der Waals surface area contributed by atoms with Gasteiger partial charge in [0.15, 0.2) is 0 Å². The van der Waals surface area contributed by atoms with E-state index in [1.54, 1.807) is 18.2 Å². The van der Waals surface area contributed by atoms with Crippen LogP contribution in [-0.4, -0.2) is 49.2 Å². The van der Waals surface area contributed by atoms with E-state index in [1.807, 2.05) is 0 Å². The first-order valence-electron chi connectivity index (χ1n) is 7.69. The Morgan fingerprint density at radius 2 is 1.68 bits per heavy atom. The van der Waals surface area contributed by atoms with Crippen molar-refractivity contribution in [3.63, 3.8) is 0 Å². The minimum Gasteiger partial charge on any atom is -0.465 e. The molecule has 0 N–H and O–H groups in total. The van der Waals surface area contributed by atoms with E-state index >= 15 is 0 Å². The molecule has 0 radical (unpaired) electrons. The van der Waals surface area contributed by atoms with E-state index in [9.17, 15) is 9.59 Å². The van der Waals surface area contributed by atoms with Gasteiger partial charge in [0.2, 0.25) is 0 Å². The Morgan fingerprint density at radius 1 is 1.09 bits per heavy atom. The van der Waals surface area contributed by atoms with Crippen LogP contribution in [0.2, 0.25) is 0 Å². The quantitative estimate of drug-likeness (QED) is 0.802. The second-order valence-corrected chi connectivity index (χ2v) is 6.12. The number of hydrogen-bond donors (Lipinski definition) is 0. The second kappa shape index (κ2) is 6.08. The van der Waals surface area contributed by atoms with Crippen LogP contribution in [0, 0.1) is 0 Å². The zero-order valence-electron chi connectivity index (χ0n) is 13.0. The Bertz CT molecular complexity index is 572. The topological polar surface area (TPSA) is 55.8 Å². The molecule has 0 amide bonds. The number of carbonyl (C=O) groups excluding carboxylic acids is 2. The summed E-state index contributed by atoms with van der Waals surface area (Å²) in [4.78, 5) is 26.2. The highest BCUT2D eigenvalue weighted by Gasteiger charge is 2.39. The zero-order valence-corrected chi connectivity index (χ0v) is 13.0. The molecule has 2 saturated heterocycles. The second-order valence-electron chi connectivity index (χ2n) is 6.12. The Labute approximate surface area is 130 Å². The van der Waals surface area contributed by atoms with Gasteiger partial charge in [0.25, 0.3) is 0 Å². The van der Waals surface area contributed by atoms with E-state index in [1.165, 1.54) is 26.0 Å². The fraction of sp³-hybridized carbons (Fsp3) is 0.529. The molecular weight excluding hydrogens is 282 g/mol. The first-order chi connectivity index (χ1) is 10.6. The van der Waals surface area contributed by atoms with Crippen molar-refractivity contribution in [1.29, 1.82) is 0 Å². The Balaban J connectivity index is 1.66. The predicted octanol–water partition coefficient (Wildman–Crippen LogP) is 2.26. The van der Waals surface area contributed by atoms with Crippen LogP contribution in [-0.2, 0) is 9.47 Å². The molecule has 0 aliphatic carbocycles. The number of nitrogens with zero attached hydrogens (tertiary/aromatic N) is 1. The van der Waals surface area contributed by atoms with Gasteiger partial charge in [-0.05, 0) is 38.1 Å². The van der Waals surface area contributed by atoms with E-state index in [4.69, 9.17) is 4.74 Å². The number of methoxy groups -OCH3 is 1. The molecule has 5 nitrogen and oxygen atoms in total. The molecule has 1 aromatic carbocycles. The van der Waals surface area contributed by atoms with Crippen molar-refractivity contribution >= 4 is 11.9 Å². The average Bonchev–Trinajstić information content (AvgIpc) is 2.76. The molecule has 2 heterocycles. The van der Waals surface area contributed by atoms with Crippen LogP contribution in [0.25, 0.3) is 0 Å². The van der Waals surface area contributed by atoms with Gasteiger partial charge in [-0.2, -0.15) is 0 Å². The number of rotatable bonds is 3. The Kier molecular flexibility index (Phi) is 4.16. The standard InChI is InChI=1S/C17H21NO4/c1-18-13-6-7-14(18)10-15(9-13)22-17(20)12-5-3-4-11(8-12)16(19)21-2/h3-5,8,13-15H,6-7,9-10H2,1-2H3. The van der Waals surface area contributed by atoms with Crippen LogP contribution in [0.4, 0.5) is 0 Å². The van der Waals surface area contributed by atoms with Crippen molar-refractivity contribution in [2.45, 2.75) is 43.9 Å². The van der Waals surface area contributed by atoms with Gasteiger partial charge in [-0.3, -0.25) is 0 Å². The summed E-state index contributed by atoms with van der Waals surface area (Å²) in [5, 5.41) is 0. The van der Waals surface area contributed by atoms with Gasteiger partial charge < -0.3 is 14.4 Å². The summed E-state index contributed by atoms with van der Waals surface area (Å²) < 4.78 is 10.3. The lowest BCUT2D eigenvalue weighted by atomic mass is 10.0. The third kappa shape index (κ3) is 2.86. The molecule has 2 bridgehead atoms. The molecule has 0 aromatic heterocycles. The molecule has 2 aliphatic rings. The smallest absolute Gasteiger partial charge is 0.338 e. The maximum atomic E-state index is 12.3. The zero-order chi connectivity index (χ0) is 15.7. The molecule has 0 saturated carbocycles. The highest BCUT2D eigenvalue weighted by molar-refractivity contribution is 5.95. The van der Waals surface area contributed by atoms with Gasteiger partial charge in [-0.15, -0.1) is 0 Å². The van der Waals surface area contributed by atoms with Crippen LogP contribution in [0.15, 0.2) is 24.3 Å². The molecular formula is C17H21NO4. The first-order valence-corrected chi connectivity index (χ1v) is 7.69. The van der Waals surface area contributed by atoms with E-state index < -0.39 is 5.97 Å². The van der Waals surface area contributed by atoms with Gasteiger partial charge >= 0.3 is 11.9 Å². The van der Waals surface area contributed by atoms with Crippen molar-refractivity contribution < 1.29 is 19.1 Å². The third-order valence-electron chi connectivity index (χ3n) is 4.85. The summed E-state index contributed by atoms with van der Waals surface area (Å²) in [6.07, 6.45) is 4.15. The van der Waals surface area contributed by atoms with Crippen molar-refractivity contribution in [2.75, 3.05) is 14.2 Å². The van der Waals surface area contributed by atoms with E-state index in [-0.39, 0.29) is 12.1 Å². The number of ether oxygens (including phenoxy) is 2. The monoisotopic (exact) mass is 303 g/mol. The number of benzene rings is 1. The first kappa shape index (κ1) is 15.0. The fourth-order valence-corrected chi connectivity index (χ4v) is 3.57. The van der Waals surface area contributed by atoms with Gasteiger partial charge in [-0.1, -0.05) is 6.07 Å². The van der Waals surface area contributed by atoms with Gasteiger partial charge in [0, 0.05) is 24.9 Å². The van der Waals surface area contributed by atoms with Crippen LogP contribution >= 0.6 is 0 Å². The molecule has 118 valence electrons. The predicted molar refractivity (Wildman–Crippen MR) is 80.8 cm³/mol. The van der Waals surface area contributed by atoms with Crippen molar-refractivity contribution in [3.05, 3.63) is 35.4 Å². The molecule has 2 fully saturated rings. The van der Waals surface area contributed by atoms with E-state index in [2.05, 4.69) is 16.7 Å². The minimum atomic E-state index is -0.452. The molecule has 2 atom stereocenters. The molecule has 3 rings (SSSR count). The third-order valence-corrected chi connectivity index (χ3v) is 4.85. The minimum absolute atomic E-state index is 0.0250. The summed E-state index contributed by atoms with van der Waals surface area (Å²) >= 11 is 0. The van der Waals surface area contributed by atoms with Crippen LogP contribution in [0.1, 0.15) is 46.4 Å². The number of fused-ring (bicyclic) bond motifs is 2. The van der Waals surface area contributed by atoms with Gasteiger partial charge in [-0.25, -0.2) is 9.59 Å². The van der Waals surface area contributed by atoms with E-state index in [0.717, 1.165) is 12.8 Å². The molecule has 5 heteroatoms. The summed E-state index contributed by atoms with van der Waals surface area (Å²) in [5.74, 6) is -0.813. The highest BCUT2D eigenvalue weighted by Crippen LogP contribution is 2.35. The molecule has 2 unspecified atom stereocenters. The molecule has 1 aromatic rings.